The Labute approximate surface area is 153 Å². The fourth-order valence-corrected chi connectivity index (χ4v) is 3.72. The van der Waals surface area contributed by atoms with Gasteiger partial charge in [0.1, 0.15) is 0 Å². The van der Waals surface area contributed by atoms with E-state index in [2.05, 4.69) is 10.3 Å². The Morgan fingerprint density at radius 1 is 1.08 bits per heavy atom. The summed E-state index contributed by atoms with van der Waals surface area (Å²) < 4.78 is 15.8. The van der Waals surface area contributed by atoms with Crippen LogP contribution in [-0.4, -0.2) is 32.2 Å². The van der Waals surface area contributed by atoms with Gasteiger partial charge in [-0.15, -0.1) is 22.7 Å². The second-order valence-corrected chi connectivity index (χ2v) is 6.69. The van der Waals surface area contributed by atoms with Gasteiger partial charge >= 0.3 is 0 Å². The molecule has 1 N–H and O–H groups in total. The van der Waals surface area contributed by atoms with Crippen molar-refractivity contribution in [2.45, 2.75) is 0 Å². The number of hydrogen-bond donors (Lipinski definition) is 1. The van der Waals surface area contributed by atoms with E-state index in [1.165, 1.54) is 32.7 Å². The highest BCUT2D eigenvalue weighted by atomic mass is 32.1. The molecule has 1 amide bonds. The largest absolute Gasteiger partial charge is 0.493 e. The van der Waals surface area contributed by atoms with Gasteiger partial charge < -0.3 is 14.2 Å². The summed E-state index contributed by atoms with van der Waals surface area (Å²) in [6.45, 7) is 0. The van der Waals surface area contributed by atoms with Crippen molar-refractivity contribution in [1.29, 1.82) is 0 Å². The molecule has 0 saturated heterocycles. The summed E-state index contributed by atoms with van der Waals surface area (Å²) in [7, 11) is 4.53. The van der Waals surface area contributed by atoms with Gasteiger partial charge in [0, 0.05) is 10.9 Å². The Kier molecular flexibility index (Phi) is 5.20. The van der Waals surface area contributed by atoms with Crippen molar-refractivity contribution >= 4 is 33.7 Å². The van der Waals surface area contributed by atoms with Gasteiger partial charge in [-0.25, -0.2) is 4.98 Å². The lowest BCUT2D eigenvalue weighted by Gasteiger charge is -2.13. The standard InChI is InChI=1S/C17H16N2O4S2/c1-21-12-7-10(8-13(22-2)15(12)23-3)16(20)19-17-18-11(9-25-17)14-5-4-6-24-14/h4-9H,1-3H3,(H,18,19,20). The predicted molar refractivity (Wildman–Crippen MR) is 99.5 cm³/mol. The molecule has 3 rings (SSSR count). The van der Waals surface area contributed by atoms with Crippen molar-refractivity contribution in [3.8, 4) is 27.8 Å². The summed E-state index contributed by atoms with van der Waals surface area (Å²) in [6.07, 6.45) is 0. The summed E-state index contributed by atoms with van der Waals surface area (Å²) in [6, 6.07) is 7.16. The van der Waals surface area contributed by atoms with Crippen LogP contribution in [0, 0.1) is 0 Å². The molecule has 0 aliphatic heterocycles. The van der Waals surface area contributed by atoms with Gasteiger partial charge in [0.2, 0.25) is 5.75 Å². The number of aromatic nitrogens is 1. The van der Waals surface area contributed by atoms with Gasteiger partial charge in [-0.05, 0) is 23.6 Å². The third-order valence-corrected chi connectivity index (χ3v) is 5.08. The molecule has 0 atom stereocenters. The SMILES string of the molecule is COc1cc(C(=O)Nc2nc(-c3cccs3)cs2)cc(OC)c1OC. The molecule has 3 aromatic rings. The molecule has 0 spiro atoms. The minimum Gasteiger partial charge on any atom is -0.493 e. The predicted octanol–water partition coefficient (Wildman–Crippen LogP) is 4.15. The summed E-state index contributed by atoms with van der Waals surface area (Å²) >= 11 is 2.98. The number of thiophene rings is 1. The molecule has 0 aliphatic rings. The molecule has 2 aromatic heterocycles. The highest BCUT2D eigenvalue weighted by molar-refractivity contribution is 7.16. The van der Waals surface area contributed by atoms with E-state index in [0.29, 0.717) is 27.9 Å². The van der Waals surface area contributed by atoms with Crippen LogP contribution in [0.5, 0.6) is 17.2 Å². The molecule has 8 heteroatoms. The molecule has 0 saturated carbocycles. The van der Waals surface area contributed by atoms with Crippen LogP contribution in [0.2, 0.25) is 0 Å². The Balaban J connectivity index is 1.84. The quantitative estimate of drug-likeness (QED) is 0.700. The summed E-state index contributed by atoms with van der Waals surface area (Å²) in [4.78, 5) is 18.1. The molecule has 130 valence electrons. The lowest BCUT2D eigenvalue weighted by molar-refractivity contribution is 0.102. The number of nitrogens with zero attached hydrogens (tertiary/aromatic N) is 1. The zero-order chi connectivity index (χ0) is 17.8. The smallest absolute Gasteiger partial charge is 0.257 e. The average molecular weight is 376 g/mol. The molecule has 0 radical (unpaired) electrons. The average Bonchev–Trinajstić information content (AvgIpc) is 3.31. The molecule has 0 bridgehead atoms. The molecule has 6 nitrogen and oxygen atoms in total. The van der Waals surface area contributed by atoms with E-state index in [1.54, 1.807) is 23.5 Å². The number of ether oxygens (including phenoxy) is 3. The zero-order valence-electron chi connectivity index (χ0n) is 13.9. The number of carbonyl (C=O) groups is 1. The number of rotatable bonds is 6. The van der Waals surface area contributed by atoms with E-state index in [0.717, 1.165) is 10.6 Å². The number of amides is 1. The van der Waals surface area contributed by atoms with Crippen LogP contribution in [0.3, 0.4) is 0 Å². The van der Waals surface area contributed by atoms with E-state index >= 15 is 0 Å². The molecule has 25 heavy (non-hydrogen) atoms. The van der Waals surface area contributed by atoms with E-state index in [4.69, 9.17) is 14.2 Å². The third kappa shape index (κ3) is 3.59. The highest BCUT2D eigenvalue weighted by Crippen LogP contribution is 2.38. The van der Waals surface area contributed by atoms with Gasteiger partial charge in [-0.1, -0.05) is 6.07 Å². The monoisotopic (exact) mass is 376 g/mol. The number of methoxy groups -OCH3 is 3. The van der Waals surface area contributed by atoms with Crippen molar-refractivity contribution in [3.05, 3.63) is 40.6 Å². The van der Waals surface area contributed by atoms with Crippen LogP contribution in [-0.2, 0) is 0 Å². The van der Waals surface area contributed by atoms with Crippen molar-refractivity contribution in [2.75, 3.05) is 26.6 Å². The van der Waals surface area contributed by atoms with Gasteiger partial charge in [0.05, 0.1) is 31.9 Å². The molecule has 2 heterocycles. The fraction of sp³-hybridized carbons (Fsp3) is 0.176. The normalized spacial score (nSPS) is 10.4. The van der Waals surface area contributed by atoms with Crippen LogP contribution in [0.1, 0.15) is 10.4 Å². The van der Waals surface area contributed by atoms with Crippen molar-refractivity contribution in [2.24, 2.45) is 0 Å². The van der Waals surface area contributed by atoms with Crippen LogP contribution in [0.25, 0.3) is 10.6 Å². The number of thiazole rings is 1. The minimum absolute atomic E-state index is 0.300. The van der Waals surface area contributed by atoms with Crippen LogP contribution < -0.4 is 19.5 Å². The molecule has 1 aromatic carbocycles. The zero-order valence-corrected chi connectivity index (χ0v) is 15.5. The molecule has 0 fully saturated rings. The van der Waals surface area contributed by atoms with Gasteiger partial charge in [-0.2, -0.15) is 0 Å². The number of carbonyl (C=O) groups excluding carboxylic acids is 1. The first-order valence-corrected chi connectivity index (χ1v) is 9.03. The first-order valence-electron chi connectivity index (χ1n) is 7.27. The van der Waals surface area contributed by atoms with E-state index < -0.39 is 0 Å². The number of benzene rings is 1. The maximum Gasteiger partial charge on any atom is 0.257 e. The number of hydrogen-bond acceptors (Lipinski definition) is 7. The maximum atomic E-state index is 12.6. The van der Waals surface area contributed by atoms with Crippen LogP contribution in [0.4, 0.5) is 5.13 Å². The molecular weight excluding hydrogens is 360 g/mol. The van der Waals surface area contributed by atoms with E-state index in [-0.39, 0.29) is 5.91 Å². The van der Waals surface area contributed by atoms with Crippen LogP contribution in [0.15, 0.2) is 35.0 Å². The number of anilines is 1. The molecule has 0 aliphatic carbocycles. The molecular formula is C17H16N2O4S2. The second kappa shape index (κ2) is 7.54. The first-order chi connectivity index (χ1) is 12.2. The Bertz CT molecular complexity index is 850. The Hall–Kier alpha value is -2.58. The highest BCUT2D eigenvalue weighted by Gasteiger charge is 2.18. The van der Waals surface area contributed by atoms with Crippen molar-refractivity contribution < 1.29 is 19.0 Å². The minimum atomic E-state index is -0.300. The maximum absolute atomic E-state index is 12.6. The van der Waals surface area contributed by atoms with Gasteiger partial charge in [0.15, 0.2) is 16.6 Å². The van der Waals surface area contributed by atoms with Gasteiger partial charge in [0.25, 0.3) is 5.91 Å². The number of nitrogens with one attached hydrogen (secondary N) is 1. The van der Waals surface area contributed by atoms with Crippen molar-refractivity contribution in [3.63, 3.8) is 0 Å². The topological polar surface area (TPSA) is 69.7 Å². The van der Waals surface area contributed by atoms with Crippen LogP contribution >= 0.6 is 22.7 Å². The first kappa shape index (κ1) is 17.2. The lowest BCUT2D eigenvalue weighted by Crippen LogP contribution is -2.12. The Morgan fingerprint density at radius 3 is 2.36 bits per heavy atom. The summed E-state index contributed by atoms with van der Waals surface area (Å²) in [5.41, 5.74) is 1.24. The second-order valence-electron chi connectivity index (χ2n) is 4.88. The molecule has 0 unspecified atom stereocenters. The van der Waals surface area contributed by atoms with Crippen molar-refractivity contribution in [1.82, 2.24) is 4.98 Å². The fourth-order valence-electron chi connectivity index (χ4n) is 2.25. The van der Waals surface area contributed by atoms with Gasteiger partial charge in [-0.3, -0.25) is 10.1 Å². The van der Waals surface area contributed by atoms with E-state index in [1.807, 2.05) is 22.9 Å². The third-order valence-electron chi connectivity index (χ3n) is 3.43. The summed E-state index contributed by atoms with van der Waals surface area (Å²) in [5, 5.41) is 7.23. The lowest BCUT2D eigenvalue weighted by atomic mass is 10.1. The van der Waals surface area contributed by atoms with E-state index in [9.17, 15) is 4.79 Å². The summed E-state index contributed by atoms with van der Waals surface area (Å²) in [5.74, 6) is 0.984. The Morgan fingerprint density at radius 2 is 1.80 bits per heavy atom.